The third-order valence-corrected chi connectivity index (χ3v) is 7.28. The van der Waals surface area contributed by atoms with Crippen LogP contribution in [0.3, 0.4) is 0 Å². The predicted molar refractivity (Wildman–Crippen MR) is 121 cm³/mol. The molecule has 2 aromatic carbocycles. The Hall–Kier alpha value is -2.91. The number of methoxy groups -OCH3 is 1. The fourth-order valence-electron chi connectivity index (χ4n) is 3.61. The van der Waals surface area contributed by atoms with Gasteiger partial charge in [-0.25, -0.2) is 18.2 Å². The Morgan fingerprint density at radius 2 is 1.87 bits per heavy atom. The molecule has 0 aliphatic heterocycles. The summed E-state index contributed by atoms with van der Waals surface area (Å²) in [7, 11) is -2.41. The van der Waals surface area contributed by atoms with Crippen LogP contribution in [0, 0.1) is 6.92 Å². The van der Waals surface area contributed by atoms with Gasteiger partial charge in [0, 0.05) is 31.9 Å². The molecule has 3 aromatic rings. The summed E-state index contributed by atoms with van der Waals surface area (Å²) in [5.74, 6) is 0.306. The van der Waals surface area contributed by atoms with Gasteiger partial charge < -0.3 is 14.6 Å². The number of aromatic nitrogens is 2. The maximum atomic E-state index is 12.8. The Morgan fingerprint density at radius 1 is 1.16 bits per heavy atom. The predicted octanol–water partition coefficient (Wildman–Crippen LogP) is 3.27. The summed E-state index contributed by atoms with van der Waals surface area (Å²) >= 11 is 0. The minimum absolute atomic E-state index is 0.0681. The van der Waals surface area contributed by atoms with Gasteiger partial charge in [0.15, 0.2) is 0 Å². The van der Waals surface area contributed by atoms with Crippen LogP contribution in [0.15, 0.2) is 47.4 Å². The van der Waals surface area contributed by atoms with Crippen LogP contribution in [-0.2, 0) is 21.3 Å². The number of carbonyl (C=O) groups excluding carboxylic acids is 1. The van der Waals surface area contributed by atoms with E-state index in [1.54, 1.807) is 19.9 Å². The number of nitrogens with zero attached hydrogens (tertiary/aromatic N) is 3. The maximum Gasteiger partial charge on any atom is 0.340 e. The number of anilines is 1. The van der Waals surface area contributed by atoms with Crippen molar-refractivity contribution in [1.29, 1.82) is 0 Å². The minimum Gasteiger partial charge on any atom is -0.465 e. The number of benzene rings is 2. The first kappa shape index (κ1) is 22.8. The number of hydrogen-bond acceptors (Lipinski definition) is 6. The Labute approximate surface area is 182 Å². The van der Waals surface area contributed by atoms with Crippen LogP contribution in [-0.4, -0.2) is 55.0 Å². The van der Waals surface area contributed by atoms with Crippen molar-refractivity contribution in [2.75, 3.05) is 32.1 Å². The minimum atomic E-state index is -3.68. The quantitative estimate of drug-likeness (QED) is 0.509. The molecule has 166 valence electrons. The van der Waals surface area contributed by atoms with Gasteiger partial charge in [-0.05, 0) is 37.3 Å². The molecule has 8 nitrogen and oxygen atoms in total. The van der Waals surface area contributed by atoms with Crippen molar-refractivity contribution in [1.82, 2.24) is 13.9 Å². The van der Waals surface area contributed by atoms with E-state index in [1.807, 2.05) is 31.2 Å². The lowest BCUT2D eigenvalue weighted by atomic mass is 10.2. The van der Waals surface area contributed by atoms with E-state index in [2.05, 4.69) is 14.9 Å². The fourth-order valence-corrected chi connectivity index (χ4v) is 5.09. The highest BCUT2D eigenvalue weighted by atomic mass is 32.2. The zero-order valence-electron chi connectivity index (χ0n) is 18.3. The number of carbonyl (C=O) groups is 1. The average Bonchev–Trinajstić information content (AvgIpc) is 3.09. The van der Waals surface area contributed by atoms with Gasteiger partial charge in [0.1, 0.15) is 5.82 Å². The van der Waals surface area contributed by atoms with Crippen molar-refractivity contribution in [2.45, 2.75) is 32.2 Å². The molecule has 0 fully saturated rings. The van der Waals surface area contributed by atoms with E-state index in [-0.39, 0.29) is 10.5 Å². The molecule has 0 spiro atoms. The second-order valence-electron chi connectivity index (χ2n) is 7.01. The number of hydrogen-bond donors (Lipinski definition) is 1. The van der Waals surface area contributed by atoms with E-state index in [1.165, 1.54) is 23.5 Å². The first-order valence-electron chi connectivity index (χ1n) is 10.2. The number of para-hydroxylation sites is 2. The van der Waals surface area contributed by atoms with Crippen molar-refractivity contribution in [3.05, 3.63) is 53.9 Å². The van der Waals surface area contributed by atoms with E-state index in [0.717, 1.165) is 16.9 Å². The summed E-state index contributed by atoms with van der Waals surface area (Å²) in [5, 5.41) is 3.24. The molecule has 1 aromatic heterocycles. The zero-order valence-corrected chi connectivity index (χ0v) is 19.1. The van der Waals surface area contributed by atoms with E-state index in [4.69, 9.17) is 4.74 Å². The molecule has 1 N–H and O–H groups in total. The molecule has 0 bridgehead atoms. The normalized spacial score (nSPS) is 11.8. The van der Waals surface area contributed by atoms with Crippen LogP contribution in [0.2, 0.25) is 0 Å². The first-order valence-corrected chi connectivity index (χ1v) is 11.7. The molecule has 9 heteroatoms. The third-order valence-electron chi connectivity index (χ3n) is 5.24. The largest absolute Gasteiger partial charge is 0.465 e. The molecule has 0 radical (unpaired) electrons. The van der Waals surface area contributed by atoms with E-state index < -0.39 is 16.0 Å². The number of imidazole rings is 1. The lowest BCUT2D eigenvalue weighted by Gasteiger charge is -2.19. The van der Waals surface area contributed by atoms with Crippen molar-refractivity contribution in [3.63, 3.8) is 0 Å². The highest BCUT2D eigenvalue weighted by Crippen LogP contribution is 2.24. The summed E-state index contributed by atoms with van der Waals surface area (Å²) in [6, 6.07) is 12.4. The smallest absolute Gasteiger partial charge is 0.340 e. The summed E-state index contributed by atoms with van der Waals surface area (Å²) in [6.07, 6.45) is 0. The number of esters is 1. The summed E-state index contributed by atoms with van der Waals surface area (Å²) in [5.41, 5.74) is 2.67. The van der Waals surface area contributed by atoms with Gasteiger partial charge >= 0.3 is 5.97 Å². The summed E-state index contributed by atoms with van der Waals surface area (Å²) in [4.78, 5) is 17.0. The Morgan fingerprint density at radius 3 is 2.55 bits per heavy atom. The van der Waals surface area contributed by atoms with Crippen LogP contribution in [0.5, 0.6) is 0 Å². The molecule has 0 amide bonds. The first-order chi connectivity index (χ1) is 14.8. The van der Waals surface area contributed by atoms with Gasteiger partial charge in [-0.1, -0.05) is 26.0 Å². The number of ether oxygens (including phenoxy) is 1. The number of sulfonamides is 1. The molecule has 1 heterocycles. The molecule has 0 atom stereocenters. The molecule has 3 rings (SSSR count). The van der Waals surface area contributed by atoms with Gasteiger partial charge in [-0.3, -0.25) is 0 Å². The van der Waals surface area contributed by atoms with Crippen LogP contribution in [0.25, 0.3) is 11.0 Å². The van der Waals surface area contributed by atoms with E-state index in [9.17, 15) is 13.2 Å². The lowest BCUT2D eigenvalue weighted by Crippen LogP contribution is -2.30. The van der Waals surface area contributed by atoms with E-state index >= 15 is 0 Å². The summed E-state index contributed by atoms with van der Waals surface area (Å²) < 4.78 is 34.0. The Balaban J connectivity index is 1.85. The Bertz CT molecular complexity index is 1180. The number of fused-ring (bicyclic) bond motifs is 1. The number of rotatable bonds is 9. The fraction of sp³-hybridized carbons (Fsp3) is 0.364. The van der Waals surface area contributed by atoms with Crippen molar-refractivity contribution in [2.24, 2.45) is 0 Å². The van der Waals surface area contributed by atoms with Crippen molar-refractivity contribution >= 4 is 32.7 Å². The van der Waals surface area contributed by atoms with Gasteiger partial charge in [0.05, 0.1) is 28.6 Å². The van der Waals surface area contributed by atoms with Crippen LogP contribution in [0.4, 0.5) is 5.69 Å². The molecule has 31 heavy (non-hydrogen) atoms. The summed E-state index contributed by atoms with van der Waals surface area (Å²) in [6.45, 7) is 7.36. The van der Waals surface area contributed by atoms with Crippen molar-refractivity contribution < 1.29 is 17.9 Å². The molecule has 0 aliphatic carbocycles. The highest BCUT2D eigenvalue weighted by Gasteiger charge is 2.24. The zero-order chi connectivity index (χ0) is 22.6. The molecular formula is C22H28N4O4S. The monoisotopic (exact) mass is 444 g/mol. The van der Waals surface area contributed by atoms with E-state index in [0.29, 0.717) is 31.9 Å². The van der Waals surface area contributed by atoms with Gasteiger partial charge in [-0.15, -0.1) is 0 Å². The highest BCUT2D eigenvalue weighted by molar-refractivity contribution is 7.89. The van der Waals surface area contributed by atoms with Crippen LogP contribution < -0.4 is 5.32 Å². The van der Waals surface area contributed by atoms with Crippen LogP contribution in [0.1, 0.15) is 30.0 Å². The molecule has 0 aliphatic rings. The second kappa shape index (κ2) is 9.49. The molecule has 0 saturated carbocycles. The molecule has 0 saturated heterocycles. The topological polar surface area (TPSA) is 93.5 Å². The number of nitrogens with one attached hydrogen (secondary N) is 1. The van der Waals surface area contributed by atoms with Gasteiger partial charge in [-0.2, -0.15) is 4.31 Å². The average molecular weight is 445 g/mol. The SMILES string of the molecule is CCN(CC)S(=O)(=O)c1ccc(NCCn2c(C)nc3ccccc32)c(C(=O)OC)c1. The standard InChI is InChI=1S/C22H28N4O4S/c1-5-25(6-2)31(28,29)17-11-12-19(18(15-17)22(27)30-4)23-13-14-26-16(3)24-20-9-7-8-10-21(20)26/h7-12,15,23H,5-6,13-14H2,1-4H3. The molecule has 0 unspecified atom stereocenters. The molecular weight excluding hydrogens is 416 g/mol. The second-order valence-corrected chi connectivity index (χ2v) is 8.95. The van der Waals surface area contributed by atoms with Crippen molar-refractivity contribution in [3.8, 4) is 0 Å². The Kier molecular flexibility index (Phi) is 6.97. The van der Waals surface area contributed by atoms with Gasteiger partial charge in [0.2, 0.25) is 10.0 Å². The van der Waals surface area contributed by atoms with Gasteiger partial charge in [0.25, 0.3) is 0 Å². The third kappa shape index (κ3) is 4.57. The number of aryl methyl sites for hydroxylation is 1. The van der Waals surface area contributed by atoms with Crippen LogP contribution >= 0.6 is 0 Å². The lowest BCUT2D eigenvalue weighted by molar-refractivity contribution is 0.0601. The maximum absolute atomic E-state index is 12.8.